The molecule has 2 rings (SSSR count). The lowest BCUT2D eigenvalue weighted by Crippen LogP contribution is -2.48. The monoisotopic (exact) mass is 313 g/mol. The third-order valence-electron chi connectivity index (χ3n) is 5.28. The van der Waals surface area contributed by atoms with Crippen LogP contribution >= 0.6 is 11.8 Å². The van der Waals surface area contributed by atoms with Crippen LogP contribution in [0.2, 0.25) is 0 Å². The largest absolute Gasteiger partial charge is 0.375 e. The predicted molar refractivity (Wildman–Crippen MR) is 94.2 cm³/mol. The maximum absolute atomic E-state index is 6.28. The van der Waals surface area contributed by atoms with E-state index < -0.39 is 0 Å². The van der Waals surface area contributed by atoms with Crippen LogP contribution < -0.4 is 5.32 Å². The fraction of sp³-hybridized carbons (Fsp3) is 1.00. The summed E-state index contributed by atoms with van der Waals surface area (Å²) in [5.41, 5.74) is 0.241. The third-order valence-corrected chi connectivity index (χ3v) is 6.26. The van der Waals surface area contributed by atoms with Crippen LogP contribution in [0.1, 0.15) is 71.6 Å². The maximum atomic E-state index is 6.28. The summed E-state index contributed by atoms with van der Waals surface area (Å²) in [7, 11) is 0. The van der Waals surface area contributed by atoms with Crippen molar-refractivity contribution in [3.63, 3.8) is 0 Å². The van der Waals surface area contributed by atoms with E-state index in [4.69, 9.17) is 4.74 Å². The van der Waals surface area contributed by atoms with E-state index in [1.54, 1.807) is 0 Å². The highest BCUT2D eigenvalue weighted by molar-refractivity contribution is 7.99. The molecule has 0 bridgehead atoms. The van der Waals surface area contributed by atoms with Gasteiger partial charge in [-0.2, -0.15) is 11.8 Å². The Balaban J connectivity index is 1.90. The molecule has 2 saturated heterocycles. The van der Waals surface area contributed by atoms with Crippen LogP contribution in [0.25, 0.3) is 0 Å². The fourth-order valence-corrected chi connectivity index (χ4v) is 5.19. The highest BCUT2D eigenvalue weighted by Gasteiger charge is 2.40. The average molecular weight is 314 g/mol. The van der Waals surface area contributed by atoms with Gasteiger partial charge in [0.05, 0.1) is 5.60 Å². The number of nitrogens with one attached hydrogen (secondary N) is 1. The van der Waals surface area contributed by atoms with E-state index in [9.17, 15) is 0 Å². The third kappa shape index (κ3) is 5.44. The molecule has 0 aromatic rings. The molecule has 124 valence electrons. The molecule has 0 aromatic heterocycles. The average Bonchev–Trinajstić information content (AvgIpc) is 2.51. The van der Waals surface area contributed by atoms with Crippen molar-refractivity contribution < 1.29 is 4.74 Å². The molecule has 2 nitrogen and oxygen atoms in total. The van der Waals surface area contributed by atoms with Crippen molar-refractivity contribution in [1.29, 1.82) is 0 Å². The number of unbranched alkanes of at least 4 members (excludes halogenated alkanes) is 2. The van der Waals surface area contributed by atoms with E-state index in [2.05, 4.69) is 30.9 Å². The first-order chi connectivity index (χ1) is 10.3. The van der Waals surface area contributed by atoms with Gasteiger partial charge in [0.15, 0.2) is 0 Å². The van der Waals surface area contributed by atoms with Crippen LogP contribution in [-0.2, 0) is 4.74 Å². The SMILES string of the molecule is CCCCCC(NCCC)C1CCOC2(CCSCC2)C1. The highest BCUT2D eigenvalue weighted by atomic mass is 32.2. The molecule has 2 fully saturated rings. The predicted octanol–water partition coefficient (Wildman–Crippen LogP) is 4.63. The zero-order chi connectivity index (χ0) is 15.0. The van der Waals surface area contributed by atoms with Crippen molar-refractivity contribution in [2.45, 2.75) is 83.3 Å². The van der Waals surface area contributed by atoms with Crippen molar-refractivity contribution in [1.82, 2.24) is 5.32 Å². The number of hydrogen-bond donors (Lipinski definition) is 1. The molecule has 2 atom stereocenters. The summed E-state index contributed by atoms with van der Waals surface area (Å²) in [4.78, 5) is 0. The molecule has 2 aliphatic heterocycles. The number of ether oxygens (including phenoxy) is 1. The zero-order valence-electron chi connectivity index (χ0n) is 14.2. The van der Waals surface area contributed by atoms with Gasteiger partial charge in [0.1, 0.15) is 0 Å². The quantitative estimate of drug-likeness (QED) is 0.660. The molecule has 2 heterocycles. The van der Waals surface area contributed by atoms with Crippen LogP contribution in [0.15, 0.2) is 0 Å². The Morgan fingerprint density at radius 3 is 2.71 bits per heavy atom. The lowest BCUT2D eigenvalue weighted by molar-refractivity contribution is -0.107. The Morgan fingerprint density at radius 1 is 1.19 bits per heavy atom. The molecule has 2 unspecified atom stereocenters. The zero-order valence-corrected chi connectivity index (χ0v) is 15.0. The Morgan fingerprint density at radius 2 is 2.00 bits per heavy atom. The minimum atomic E-state index is 0.241. The molecule has 21 heavy (non-hydrogen) atoms. The van der Waals surface area contributed by atoms with E-state index in [1.165, 1.54) is 75.8 Å². The summed E-state index contributed by atoms with van der Waals surface area (Å²) in [6.07, 6.45) is 11.8. The van der Waals surface area contributed by atoms with Crippen LogP contribution in [0.5, 0.6) is 0 Å². The standard InChI is InChI=1S/C18H35NOS/c1-3-5-6-7-17(19-11-4-2)16-8-12-20-18(15-16)9-13-21-14-10-18/h16-17,19H,3-15H2,1-2H3. The number of thioether (sulfide) groups is 1. The summed E-state index contributed by atoms with van der Waals surface area (Å²) in [5, 5.41) is 3.86. The second-order valence-electron chi connectivity index (χ2n) is 6.95. The number of hydrogen-bond acceptors (Lipinski definition) is 3. The first-order valence-electron chi connectivity index (χ1n) is 9.25. The molecule has 0 aromatic carbocycles. The van der Waals surface area contributed by atoms with Crippen molar-refractivity contribution in [3.8, 4) is 0 Å². The highest BCUT2D eigenvalue weighted by Crippen LogP contribution is 2.41. The van der Waals surface area contributed by atoms with Gasteiger partial charge >= 0.3 is 0 Å². The minimum Gasteiger partial charge on any atom is -0.375 e. The lowest BCUT2D eigenvalue weighted by Gasteiger charge is -2.45. The van der Waals surface area contributed by atoms with Crippen molar-refractivity contribution in [2.75, 3.05) is 24.7 Å². The van der Waals surface area contributed by atoms with Crippen LogP contribution in [-0.4, -0.2) is 36.3 Å². The van der Waals surface area contributed by atoms with Gasteiger partial charge in [-0.15, -0.1) is 0 Å². The molecule has 0 amide bonds. The Bertz CT molecular complexity index is 273. The molecule has 0 aliphatic carbocycles. The molecule has 1 spiro atoms. The first-order valence-corrected chi connectivity index (χ1v) is 10.4. The van der Waals surface area contributed by atoms with E-state index in [0.717, 1.165) is 18.6 Å². The molecule has 0 saturated carbocycles. The van der Waals surface area contributed by atoms with Crippen LogP contribution in [0.3, 0.4) is 0 Å². The lowest BCUT2D eigenvalue weighted by atomic mass is 9.77. The topological polar surface area (TPSA) is 21.3 Å². The van der Waals surface area contributed by atoms with Gasteiger partial charge in [-0.1, -0.05) is 33.1 Å². The first kappa shape index (κ1) is 17.6. The van der Waals surface area contributed by atoms with E-state index in [0.29, 0.717) is 0 Å². The van der Waals surface area contributed by atoms with Gasteiger partial charge in [0.25, 0.3) is 0 Å². The Labute approximate surface area is 136 Å². The molecule has 1 N–H and O–H groups in total. The maximum Gasteiger partial charge on any atom is 0.0701 e. The smallest absolute Gasteiger partial charge is 0.0701 e. The van der Waals surface area contributed by atoms with E-state index >= 15 is 0 Å². The molecule has 0 radical (unpaired) electrons. The molecular weight excluding hydrogens is 278 g/mol. The summed E-state index contributed by atoms with van der Waals surface area (Å²) >= 11 is 2.11. The fourth-order valence-electron chi connectivity index (χ4n) is 3.95. The van der Waals surface area contributed by atoms with Crippen molar-refractivity contribution in [2.24, 2.45) is 5.92 Å². The Kier molecular flexibility index (Phi) is 7.90. The minimum absolute atomic E-state index is 0.241. The van der Waals surface area contributed by atoms with Crippen molar-refractivity contribution in [3.05, 3.63) is 0 Å². The molecule has 2 aliphatic rings. The van der Waals surface area contributed by atoms with Gasteiger partial charge in [0.2, 0.25) is 0 Å². The van der Waals surface area contributed by atoms with E-state index in [1.807, 2.05) is 0 Å². The Hall–Kier alpha value is 0.270. The van der Waals surface area contributed by atoms with Crippen LogP contribution in [0.4, 0.5) is 0 Å². The summed E-state index contributed by atoms with van der Waals surface area (Å²) in [6.45, 7) is 6.75. The van der Waals surface area contributed by atoms with Gasteiger partial charge in [-0.3, -0.25) is 0 Å². The van der Waals surface area contributed by atoms with Gasteiger partial charge in [-0.25, -0.2) is 0 Å². The summed E-state index contributed by atoms with van der Waals surface area (Å²) < 4.78 is 6.28. The van der Waals surface area contributed by atoms with Gasteiger partial charge in [-0.05, 0) is 62.5 Å². The second-order valence-corrected chi connectivity index (χ2v) is 8.18. The summed E-state index contributed by atoms with van der Waals surface area (Å²) in [6, 6.07) is 0.729. The second kappa shape index (κ2) is 9.42. The summed E-state index contributed by atoms with van der Waals surface area (Å²) in [5.74, 6) is 3.44. The molecule has 3 heteroatoms. The van der Waals surface area contributed by atoms with Crippen LogP contribution in [0, 0.1) is 5.92 Å². The molecular formula is C18H35NOS. The normalized spacial score (nSPS) is 26.9. The van der Waals surface area contributed by atoms with Crippen molar-refractivity contribution >= 4 is 11.8 Å². The number of rotatable bonds is 8. The van der Waals surface area contributed by atoms with Gasteiger partial charge in [0, 0.05) is 12.6 Å². The van der Waals surface area contributed by atoms with Gasteiger partial charge < -0.3 is 10.1 Å². The van der Waals surface area contributed by atoms with E-state index in [-0.39, 0.29) is 5.60 Å².